The Morgan fingerprint density at radius 2 is 2.13 bits per heavy atom. The predicted octanol–water partition coefficient (Wildman–Crippen LogP) is 4.65. The fourth-order valence-corrected chi connectivity index (χ4v) is 3.26. The molecule has 0 amide bonds. The van der Waals surface area contributed by atoms with Crippen LogP contribution in [0.1, 0.15) is 46.0 Å². The molecule has 15 heavy (non-hydrogen) atoms. The summed E-state index contributed by atoms with van der Waals surface area (Å²) in [6.45, 7) is 8.35. The molecule has 0 aromatic heterocycles. The molecular formula is C15H22. The molecule has 2 unspecified atom stereocenters. The van der Waals surface area contributed by atoms with Gasteiger partial charge in [0.2, 0.25) is 0 Å². The summed E-state index contributed by atoms with van der Waals surface area (Å²) in [5.74, 6) is 1.64. The minimum Gasteiger partial charge on any atom is -0.0988 e. The van der Waals surface area contributed by atoms with Gasteiger partial charge in [-0.25, -0.2) is 0 Å². The molecule has 0 heterocycles. The van der Waals surface area contributed by atoms with Crippen LogP contribution in [0.25, 0.3) is 0 Å². The molecule has 2 rings (SSSR count). The fraction of sp³-hybridized carbons (Fsp3) is 0.600. The van der Waals surface area contributed by atoms with Crippen molar-refractivity contribution < 1.29 is 0 Å². The van der Waals surface area contributed by atoms with Crippen molar-refractivity contribution in [2.75, 3.05) is 0 Å². The van der Waals surface area contributed by atoms with Gasteiger partial charge in [0.25, 0.3) is 0 Å². The van der Waals surface area contributed by atoms with Crippen molar-refractivity contribution in [2.45, 2.75) is 46.0 Å². The molecule has 1 saturated carbocycles. The highest BCUT2D eigenvalue weighted by Crippen LogP contribution is 2.45. The first-order valence-electron chi connectivity index (χ1n) is 6.22. The van der Waals surface area contributed by atoms with Crippen molar-refractivity contribution in [3.8, 4) is 0 Å². The molecule has 0 saturated heterocycles. The lowest BCUT2D eigenvalue weighted by Gasteiger charge is -2.28. The van der Waals surface area contributed by atoms with Crippen LogP contribution >= 0.6 is 0 Å². The van der Waals surface area contributed by atoms with Crippen molar-refractivity contribution in [3.05, 3.63) is 35.5 Å². The van der Waals surface area contributed by atoms with E-state index in [1.807, 2.05) is 6.08 Å². The first-order chi connectivity index (χ1) is 7.22. The Morgan fingerprint density at radius 1 is 1.33 bits per heavy atom. The van der Waals surface area contributed by atoms with Gasteiger partial charge < -0.3 is 0 Å². The minimum atomic E-state index is 0.726. The Morgan fingerprint density at radius 3 is 2.87 bits per heavy atom. The van der Waals surface area contributed by atoms with Crippen LogP contribution in [0.5, 0.6) is 0 Å². The maximum Gasteiger partial charge on any atom is -0.00122 e. The molecule has 82 valence electrons. The van der Waals surface area contributed by atoms with Crippen LogP contribution in [-0.2, 0) is 0 Å². The summed E-state index contributed by atoms with van der Waals surface area (Å²) in [6, 6.07) is 0. The molecule has 0 nitrogen and oxygen atoms in total. The Kier molecular flexibility index (Phi) is 3.14. The van der Waals surface area contributed by atoms with Gasteiger partial charge in [-0.15, -0.1) is 0 Å². The van der Waals surface area contributed by atoms with Gasteiger partial charge in [-0.2, -0.15) is 0 Å². The summed E-state index contributed by atoms with van der Waals surface area (Å²) in [4.78, 5) is 0. The molecule has 0 aromatic rings. The number of rotatable bonds is 2. The molecule has 0 bridgehead atoms. The Labute approximate surface area is 93.8 Å². The second-order valence-corrected chi connectivity index (χ2v) is 5.12. The van der Waals surface area contributed by atoms with Gasteiger partial charge in [0, 0.05) is 0 Å². The second kappa shape index (κ2) is 4.38. The molecule has 0 aromatic carbocycles. The summed E-state index contributed by atoms with van der Waals surface area (Å²) in [5.41, 5.74) is 4.80. The summed E-state index contributed by atoms with van der Waals surface area (Å²) < 4.78 is 0. The minimum absolute atomic E-state index is 0.726. The quantitative estimate of drug-likeness (QED) is 0.452. The third-order valence-corrected chi connectivity index (χ3v) is 4.05. The number of fused-ring (bicyclic) bond motifs is 1. The van der Waals surface area contributed by atoms with Gasteiger partial charge >= 0.3 is 0 Å². The van der Waals surface area contributed by atoms with Gasteiger partial charge in [0.1, 0.15) is 0 Å². The summed E-state index contributed by atoms with van der Waals surface area (Å²) >= 11 is 0. The topological polar surface area (TPSA) is 0 Å². The van der Waals surface area contributed by atoms with E-state index in [1.54, 1.807) is 11.1 Å². The lowest BCUT2D eigenvalue weighted by atomic mass is 9.77. The average Bonchev–Trinajstić information content (AvgIpc) is 2.61. The smallest absolute Gasteiger partial charge is 0.00122 e. The first-order valence-corrected chi connectivity index (χ1v) is 6.22. The normalized spacial score (nSPS) is 31.7. The van der Waals surface area contributed by atoms with Gasteiger partial charge in [-0.1, -0.05) is 41.9 Å². The molecule has 0 spiro atoms. The highest BCUT2D eigenvalue weighted by Gasteiger charge is 2.31. The van der Waals surface area contributed by atoms with E-state index < -0.39 is 0 Å². The van der Waals surface area contributed by atoms with E-state index in [1.165, 1.54) is 37.7 Å². The van der Waals surface area contributed by atoms with E-state index in [9.17, 15) is 0 Å². The first kappa shape index (κ1) is 10.7. The molecule has 0 aliphatic heterocycles. The second-order valence-electron chi connectivity index (χ2n) is 5.12. The van der Waals surface area contributed by atoms with Crippen LogP contribution in [0.15, 0.2) is 35.5 Å². The van der Waals surface area contributed by atoms with E-state index in [4.69, 9.17) is 0 Å². The third kappa shape index (κ3) is 2.09. The number of hydrogen-bond acceptors (Lipinski definition) is 0. The third-order valence-electron chi connectivity index (χ3n) is 4.05. The zero-order valence-electron chi connectivity index (χ0n) is 10.1. The Bertz CT molecular complexity index is 317. The molecule has 0 N–H and O–H groups in total. The van der Waals surface area contributed by atoms with Crippen molar-refractivity contribution in [2.24, 2.45) is 11.8 Å². The number of hydrogen-bond donors (Lipinski definition) is 0. The lowest BCUT2D eigenvalue weighted by Crippen LogP contribution is -2.15. The fourth-order valence-electron chi connectivity index (χ4n) is 3.26. The van der Waals surface area contributed by atoms with Gasteiger partial charge in [-0.05, 0) is 51.4 Å². The van der Waals surface area contributed by atoms with Gasteiger partial charge in [0.15, 0.2) is 0 Å². The highest BCUT2D eigenvalue weighted by molar-refractivity contribution is 5.31. The molecule has 0 radical (unpaired) electrons. The Balaban J connectivity index is 2.24. The zero-order valence-corrected chi connectivity index (χ0v) is 10.1. The van der Waals surface area contributed by atoms with E-state index in [0.29, 0.717) is 0 Å². The molecule has 2 aliphatic carbocycles. The van der Waals surface area contributed by atoms with Crippen LogP contribution < -0.4 is 0 Å². The average molecular weight is 202 g/mol. The van der Waals surface area contributed by atoms with Crippen LogP contribution in [-0.4, -0.2) is 0 Å². The van der Waals surface area contributed by atoms with Gasteiger partial charge in [0.05, 0.1) is 0 Å². The van der Waals surface area contributed by atoms with E-state index in [-0.39, 0.29) is 0 Å². The largest absolute Gasteiger partial charge is 0.0988 e. The maximum atomic E-state index is 3.85. The highest BCUT2D eigenvalue weighted by atomic mass is 14.4. The SMILES string of the molecule is C=CC(C)=CC1CCCC2CCC(C)=C12. The molecule has 2 aliphatic rings. The lowest BCUT2D eigenvalue weighted by molar-refractivity contribution is 0.409. The standard InChI is InChI=1S/C15H22/c1-4-11(2)10-14-7-5-6-13-9-8-12(3)15(13)14/h4,10,13-14H,1,5-9H2,2-3H3. The summed E-state index contributed by atoms with van der Waals surface area (Å²) in [7, 11) is 0. The molecule has 1 fully saturated rings. The van der Waals surface area contributed by atoms with Crippen LogP contribution in [0.2, 0.25) is 0 Å². The van der Waals surface area contributed by atoms with Crippen molar-refractivity contribution in [3.63, 3.8) is 0 Å². The van der Waals surface area contributed by atoms with Crippen LogP contribution in [0.4, 0.5) is 0 Å². The molecule has 2 atom stereocenters. The van der Waals surface area contributed by atoms with Gasteiger partial charge in [-0.3, -0.25) is 0 Å². The maximum absolute atomic E-state index is 3.85. The molecule has 0 heteroatoms. The zero-order chi connectivity index (χ0) is 10.8. The van der Waals surface area contributed by atoms with E-state index in [2.05, 4.69) is 26.5 Å². The van der Waals surface area contributed by atoms with Crippen LogP contribution in [0.3, 0.4) is 0 Å². The summed E-state index contributed by atoms with van der Waals surface area (Å²) in [5, 5.41) is 0. The summed E-state index contributed by atoms with van der Waals surface area (Å²) in [6.07, 6.45) is 11.4. The van der Waals surface area contributed by atoms with Crippen molar-refractivity contribution >= 4 is 0 Å². The van der Waals surface area contributed by atoms with E-state index in [0.717, 1.165) is 11.8 Å². The predicted molar refractivity (Wildman–Crippen MR) is 66.7 cm³/mol. The van der Waals surface area contributed by atoms with E-state index >= 15 is 0 Å². The van der Waals surface area contributed by atoms with Crippen molar-refractivity contribution in [1.29, 1.82) is 0 Å². The number of allylic oxidation sites excluding steroid dienone is 5. The molecular weight excluding hydrogens is 180 g/mol. The Hall–Kier alpha value is -0.780. The monoisotopic (exact) mass is 202 g/mol. The van der Waals surface area contributed by atoms with Crippen molar-refractivity contribution in [1.82, 2.24) is 0 Å². The van der Waals surface area contributed by atoms with Crippen LogP contribution in [0, 0.1) is 11.8 Å².